The maximum Gasteiger partial charge on any atom is 0.123 e. The van der Waals surface area contributed by atoms with Gasteiger partial charge in [0.15, 0.2) is 0 Å². The third-order valence-electron chi connectivity index (χ3n) is 4.18. The summed E-state index contributed by atoms with van der Waals surface area (Å²) in [4.78, 5) is 2.39. The number of hydrogen-bond donors (Lipinski definition) is 0. The highest BCUT2D eigenvalue weighted by atomic mass is 16.5. The molecule has 0 aromatic heterocycles. The van der Waals surface area contributed by atoms with Crippen LogP contribution in [0.1, 0.15) is 24.5 Å². The van der Waals surface area contributed by atoms with E-state index in [2.05, 4.69) is 42.2 Å². The molecule has 122 valence electrons. The molecule has 2 aromatic rings. The Labute approximate surface area is 138 Å². The van der Waals surface area contributed by atoms with Crippen LogP contribution in [0.25, 0.3) is 0 Å². The van der Waals surface area contributed by atoms with Gasteiger partial charge in [0.05, 0.1) is 13.2 Å². The second-order valence-corrected chi connectivity index (χ2v) is 5.92. The van der Waals surface area contributed by atoms with Crippen LogP contribution in [-0.4, -0.2) is 26.3 Å². The highest BCUT2D eigenvalue weighted by Crippen LogP contribution is 2.27. The van der Waals surface area contributed by atoms with E-state index in [0.29, 0.717) is 6.61 Å². The summed E-state index contributed by atoms with van der Waals surface area (Å²) in [5.74, 6) is 1.01. The van der Waals surface area contributed by atoms with E-state index < -0.39 is 0 Å². The maximum atomic E-state index is 6.07. The van der Waals surface area contributed by atoms with Crippen LogP contribution >= 0.6 is 0 Å². The van der Waals surface area contributed by atoms with E-state index in [4.69, 9.17) is 9.47 Å². The van der Waals surface area contributed by atoms with Gasteiger partial charge in [0, 0.05) is 18.8 Å². The summed E-state index contributed by atoms with van der Waals surface area (Å²) >= 11 is 0. The van der Waals surface area contributed by atoms with Gasteiger partial charge in [0.1, 0.15) is 12.4 Å². The molecule has 2 aromatic carbocycles. The number of ether oxygens (including phenoxy) is 2. The van der Waals surface area contributed by atoms with Crippen molar-refractivity contribution in [3.05, 3.63) is 59.7 Å². The smallest absolute Gasteiger partial charge is 0.123 e. The number of morpholine rings is 1. The molecule has 0 radical (unpaired) electrons. The molecular formula is C20H25NO2. The molecule has 0 N–H and O–H groups in total. The molecular weight excluding hydrogens is 286 g/mol. The van der Waals surface area contributed by atoms with Gasteiger partial charge in [-0.15, -0.1) is 0 Å². The van der Waals surface area contributed by atoms with Gasteiger partial charge < -0.3 is 14.4 Å². The minimum Gasteiger partial charge on any atom is -0.489 e. The van der Waals surface area contributed by atoms with Gasteiger partial charge in [-0.25, -0.2) is 0 Å². The SMILES string of the molecule is CCCc1cc(N2CCOCC2)ccc1OCc1ccccc1. The number of rotatable bonds is 6. The average molecular weight is 311 g/mol. The highest BCUT2D eigenvalue weighted by molar-refractivity contribution is 5.53. The number of aryl methyl sites for hydroxylation is 1. The highest BCUT2D eigenvalue weighted by Gasteiger charge is 2.13. The van der Waals surface area contributed by atoms with Gasteiger partial charge in [0.2, 0.25) is 0 Å². The first kappa shape index (κ1) is 15.9. The number of nitrogens with zero attached hydrogens (tertiary/aromatic N) is 1. The first-order valence-electron chi connectivity index (χ1n) is 8.49. The third kappa shape index (κ3) is 4.26. The van der Waals surface area contributed by atoms with Gasteiger partial charge in [-0.3, -0.25) is 0 Å². The lowest BCUT2D eigenvalue weighted by molar-refractivity contribution is 0.122. The van der Waals surface area contributed by atoms with Crippen LogP contribution in [0.15, 0.2) is 48.5 Å². The summed E-state index contributed by atoms with van der Waals surface area (Å²) in [5, 5.41) is 0. The van der Waals surface area contributed by atoms with Crippen molar-refractivity contribution in [2.24, 2.45) is 0 Å². The lowest BCUT2D eigenvalue weighted by Crippen LogP contribution is -2.36. The van der Waals surface area contributed by atoms with Crippen LogP contribution in [-0.2, 0) is 17.8 Å². The van der Waals surface area contributed by atoms with Crippen molar-refractivity contribution in [2.45, 2.75) is 26.4 Å². The molecule has 0 bridgehead atoms. The molecule has 3 nitrogen and oxygen atoms in total. The first-order valence-corrected chi connectivity index (χ1v) is 8.49. The number of hydrogen-bond acceptors (Lipinski definition) is 3. The largest absolute Gasteiger partial charge is 0.489 e. The van der Waals surface area contributed by atoms with E-state index in [-0.39, 0.29) is 0 Å². The van der Waals surface area contributed by atoms with Crippen molar-refractivity contribution < 1.29 is 9.47 Å². The average Bonchev–Trinajstić information content (AvgIpc) is 2.62. The minimum atomic E-state index is 0.619. The van der Waals surface area contributed by atoms with Crippen LogP contribution in [0.3, 0.4) is 0 Å². The zero-order valence-electron chi connectivity index (χ0n) is 13.8. The van der Waals surface area contributed by atoms with Gasteiger partial charge in [-0.2, -0.15) is 0 Å². The lowest BCUT2D eigenvalue weighted by atomic mass is 10.1. The molecule has 0 aliphatic carbocycles. The van der Waals surface area contributed by atoms with E-state index in [1.54, 1.807) is 0 Å². The van der Waals surface area contributed by atoms with Crippen LogP contribution in [0, 0.1) is 0 Å². The monoisotopic (exact) mass is 311 g/mol. The fourth-order valence-corrected chi connectivity index (χ4v) is 2.92. The third-order valence-corrected chi connectivity index (χ3v) is 4.18. The second kappa shape index (κ2) is 8.02. The Morgan fingerprint density at radius 2 is 1.83 bits per heavy atom. The summed E-state index contributed by atoms with van der Waals surface area (Å²) in [5.41, 5.74) is 3.78. The minimum absolute atomic E-state index is 0.619. The number of anilines is 1. The van der Waals surface area contributed by atoms with E-state index in [1.165, 1.54) is 16.8 Å². The molecule has 1 aliphatic heterocycles. The van der Waals surface area contributed by atoms with Crippen molar-refractivity contribution in [3.8, 4) is 5.75 Å². The fourth-order valence-electron chi connectivity index (χ4n) is 2.92. The molecule has 1 fully saturated rings. The lowest BCUT2D eigenvalue weighted by Gasteiger charge is -2.29. The van der Waals surface area contributed by atoms with Crippen molar-refractivity contribution in [2.75, 3.05) is 31.2 Å². The topological polar surface area (TPSA) is 21.7 Å². The standard InChI is InChI=1S/C20H25NO2/c1-2-6-18-15-19(21-11-13-22-14-12-21)9-10-20(18)23-16-17-7-4-3-5-8-17/h3-5,7-10,15H,2,6,11-14,16H2,1H3. The second-order valence-electron chi connectivity index (χ2n) is 5.92. The summed E-state index contributed by atoms with van der Waals surface area (Å²) in [7, 11) is 0. The van der Waals surface area contributed by atoms with Crippen molar-refractivity contribution in [1.82, 2.24) is 0 Å². The molecule has 0 unspecified atom stereocenters. The normalized spacial score (nSPS) is 14.7. The summed E-state index contributed by atoms with van der Waals surface area (Å²) in [6.45, 7) is 6.40. The van der Waals surface area contributed by atoms with E-state index in [0.717, 1.165) is 44.9 Å². The zero-order chi connectivity index (χ0) is 15.9. The molecule has 3 heteroatoms. The Morgan fingerprint density at radius 1 is 1.04 bits per heavy atom. The molecule has 1 aliphatic rings. The Balaban J connectivity index is 1.73. The molecule has 23 heavy (non-hydrogen) atoms. The predicted octanol–water partition coefficient (Wildman–Crippen LogP) is 4.05. The van der Waals surface area contributed by atoms with Crippen molar-refractivity contribution in [1.29, 1.82) is 0 Å². The maximum absolute atomic E-state index is 6.07. The summed E-state index contributed by atoms with van der Waals surface area (Å²) in [6, 6.07) is 16.9. The van der Waals surface area contributed by atoms with Gasteiger partial charge in [0.25, 0.3) is 0 Å². The quantitative estimate of drug-likeness (QED) is 0.803. The zero-order valence-corrected chi connectivity index (χ0v) is 13.8. The van der Waals surface area contributed by atoms with E-state index in [1.807, 2.05) is 18.2 Å². The molecule has 0 atom stereocenters. The van der Waals surface area contributed by atoms with E-state index >= 15 is 0 Å². The summed E-state index contributed by atoms with van der Waals surface area (Å²) < 4.78 is 11.5. The van der Waals surface area contributed by atoms with Crippen LogP contribution < -0.4 is 9.64 Å². The molecule has 0 amide bonds. The Kier molecular flexibility index (Phi) is 5.54. The summed E-state index contributed by atoms with van der Waals surface area (Å²) in [6.07, 6.45) is 2.16. The molecule has 0 saturated carbocycles. The first-order chi connectivity index (χ1) is 11.4. The van der Waals surface area contributed by atoms with Gasteiger partial charge in [-0.05, 0) is 35.7 Å². The molecule has 3 rings (SSSR count). The number of benzene rings is 2. The molecule has 0 spiro atoms. The molecule has 1 heterocycles. The molecule has 1 saturated heterocycles. The Hall–Kier alpha value is -2.00. The van der Waals surface area contributed by atoms with Gasteiger partial charge >= 0.3 is 0 Å². The fraction of sp³-hybridized carbons (Fsp3) is 0.400. The van der Waals surface area contributed by atoms with Gasteiger partial charge in [-0.1, -0.05) is 43.7 Å². The van der Waals surface area contributed by atoms with Crippen molar-refractivity contribution in [3.63, 3.8) is 0 Å². The Bertz CT molecular complexity index is 606. The Morgan fingerprint density at radius 3 is 2.57 bits per heavy atom. The van der Waals surface area contributed by atoms with Crippen LogP contribution in [0.4, 0.5) is 5.69 Å². The van der Waals surface area contributed by atoms with Crippen LogP contribution in [0.5, 0.6) is 5.75 Å². The van der Waals surface area contributed by atoms with Crippen molar-refractivity contribution >= 4 is 5.69 Å². The predicted molar refractivity (Wildman–Crippen MR) is 94.2 cm³/mol. The van der Waals surface area contributed by atoms with E-state index in [9.17, 15) is 0 Å². The van der Waals surface area contributed by atoms with Crippen LogP contribution in [0.2, 0.25) is 0 Å².